The van der Waals surface area contributed by atoms with E-state index in [2.05, 4.69) is 19.9 Å². The van der Waals surface area contributed by atoms with E-state index in [9.17, 15) is 32.7 Å². The van der Waals surface area contributed by atoms with Crippen molar-refractivity contribution >= 4 is 17.6 Å². The van der Waals surface area contributed by atoms with Gasteiger partial charge in [-0.25, -0.2) is 9.59 Å². The molecular formula is C21H20F3N3O5. The van der Waals surface area contributed by atoms with Gasteiger partial charge in [0.15, 0.2) is 5.56 Å². The predicted octanol–water partition coefficient (Wildman–Crippen LogP) is 2.11. The van der Waals surface area contributed by atoms with Gasteiger partial charge in [0.1, 0.15) is 5.75 Å². The molecule has 11 heteroatoms. The van der Waals surface area contributed by atoms with Crippen LogP contribution in [-0.4, -0.2) is 53.4 Å². The number of aromatic amines is 1. The minimum absolute atomic E-state index is 0.133. The number of alkyl halides is 3. The van der Waals surface area contributed by atoms with Crippen LogP contribution in [0.5, 0.6) is 5.75 Å². The Bertz CT molecular complexity index is 1130. The fraction of sp³-hybridized carbons (Fsp3) is 0.381. The van der Waals surface area contributed by atoms with Crippen LogP contribution in [0.1, 0.15) is 29.3 Å². The summed E-state index contributed by atoms with van der Waals surface area (Å²) in [5.74, 6) is -5.47. The fourth-order valence-corrected chi connectivity index (χ4v) is 4.30. The van der Waals surface area contributed by atoms with Gasteiger partial charge in [0.2, 0.25) is 0 Å². The second kappa shape index (κ2) is 7.97. The average Bonchev–Trinajstić information content (AvgIpc) is 3.36. The Balaban J connectivity index is 1.65. The zero-order chi connectivity index (χ0) is 23.2. The number of hydrogen-bond donors (Lipinski definition) is 3. The molecule has 0 saturated carbocycles. The zero-order valence-corrected chi connectivity index (χ0v) is 17.0. The maximum Gasteiger partial charge on any atom is 0.491 e. The van der Waals surface area contributed by atoms with Gasteiger partial charge >= 0.3 is 18.1 Å². The van der Waals surface area contributed by atoms with Crippen molar-refractivity contribution in [2.24, 2.45) is 0 Å². The van der Waals surface area contributed by atoms with E-state index in [1.165, 1.54) is 0 Å². The molecule has 170 valence electrons. The lowest BCUT2D eigenvalue weighted by Gasteiger charge is -2.29. The molecule has 4 rings (SSSR count). The number of anilines is 1. The van der Waals surface area contributed by atoms with Crippen molar-refractivity contribution in [2.75, 3.05) is 18.0 Å². The third-order valence-corrected chi connectivity index (χ3v) is 5.81. The summed E-state index contributed by atoms with van der Waals surface area (Å²) < 4.78 is 40.8. The van der Waals surface area contributed by atoms with Crippen LogP contribution < -0.4 is 15.8 Å². The molecule has 2 aromatic rings. The highest BCUT2D eigenvalue weighted by Gasteiger charge is 2.43. The number of pyridine rings is 1. The Labute approximate surface area is 180 Å². The number of aromatic nitrogens is 1. The van der Waals surface area contributed by atoms with E-state index >= 15 is 0 Å². The first-order chi connectivity index (χ1) is 15.1. The molecule has 2 saturated heterocycles. The van der Waals surface area contributed by atoms with Crippen molar-refractivity contribution in [3.63, 3.8) is 0 Å². The number of H-pyrrole nitrogens is 1. The standard InChI is InChI=1S/C21H20F3N3O5/c1-2-14-16(10-3-5-12(6-4-10)27-9-11-7-13(27)8-25-11)26-18(29)15(17(14)28)19(30)32-20(31)21(22,23)24/h3-6,11,13,25H,2,7-9H2,1H3,(H2,26,28,29). The van der Waals surface area contributed by atoms with Crippen molar-refractivity contribution in [3.8, 4) is 17.0 Å². The van der Waals surface area contributed by atoms with Crippen molar-refractivity contribution in [1.82, 2.24) is 10.3 Å². The maximum atomic E-state index is 12.4. The number of nitrogens with zero attached hydrogens (tertiary/aromatic N) is 1. The summed E-state index contributed by atoms with van der Waals surface area (Å²) in [6.07, 6.45) is -4.19. The SMILES string of the molecule is CCc1c(-c2ccc(N3CC4CC3CN4)cc2)[nH]c(=O)c(C(=O)OC(=O)C(F)(F)F)c1O. The molecule has 2 bridgehead atoms. The van der Waals surface area contributed by atoms with Gasteiger partial charge in [-0.05, 0) is 30.5 Å². The van der Waals surface area contributed by atoms with Crippen LogP contribution in [0.3, 0.4) is 0 Å². The summed E-state index contributed by atoms with van der Waals surface area (Å²) >= 11 is 0. The first kappa shape index (κ1) is 21.9. The van der Waals surface area contributed by atoms with Crippen molar-refractivity contribution < 1.29 is 32.6 Å². The molecule has 3 N–H and O–H groups in total. The van der Waals surface area contributed by atoms with E-state index in [1.807, 2.05) is 12.1 Å². The van der Waals surface area contributed by atoms with Crippen LogP contribution in [-0.2, 0) is 16.0 Å². The summed E-state index contributed by atoms with van der Waals surface area (Å²) in [4.78, 5) is 40.0. The molecule has 2 aliphatic rings. The van der Waals surface area contributed by atoms with Gasteiger partial charge in [-0.1, -0.05) is 19.1 Å². The summed E-state index contributed by atoms with van der Waals surface area (Å²) in [6.45, 7) is 3.45. The summed E-state index contributed by atoms with van der Waals surface area (Å²) in [6, 6.07) is 8.17. The van der Waals surface area contributed by atoms with Crippen LogP contribution in [0, 0.1) is 0 Å². The Morgan fingerprint density at radius 3 is 2.47 bits per heavy atom. The summed E-state index contributed by atoms with van der Waals surface area (Å²) in [5, 5.41) is 13.9. The Kier molecular flexibility index (Phi) is 5.45. The Morgan fingerprint density at radius 2 is 1.94 bits per heavy atom. The van der Waals surface area contributed by atoms with Gasteiger partial charge in [0.25, 0.3) is 5.56 Å². The number of carbonyl (C=O) groups is 2. The number of carbonyl (C=O) groups excluding carboxylic acids is 2. The lowest BCUT2D eigenvalue weighted by molar-refractivity contribution is -0.193. The van der Waals surface area contributed by atoms with Gasteiger partial charge in [0, 0.05) is 36.4 Å². The van der Waals surface area contributed by atoms with E-state index in [0.717, 1.165) is 25.2 Å². The first-order valence-electron chi connectivity index (χ1n) is 10.0. The van der Waals surface area contributed by atoms with Crippen LogP contribution in [0.15, 0.2) is 29.1 Å². The van der Waals surface area contributed by atoms with Crippen LogP contribution in [0.25, 0.3) is 11.3 Å². The van der Waals surface area contributed by atoms with Gasteiger partial charge in [-0.15, -0.1) is 0 Å². The largest absolute Gasteiger partial charge is 0.506 e. The third kappa shape index (κ3) is 3.83. The highest BCUT2D eigenvalue weighted by molar-refractivity contribution is 6.00. The molecule has 2 fully saturated rings. The van der Waals surface area contributed by atoms with Crippen LogP contribution >= 0.6 is 0 Å². The molecule has 0 radical (unpaired) electrons. The number of fused-ring (bicyclic) bond motifs is 2. The molecule has 2 atom stereocenters. The lowest BCUT2D eigenvalue weighted by Crippen LogP contribution is -2.43. The number of benzene rings is 1. The molecule has 0 aliphatic carbocycles. The molecular weight excluding hydrogens is 431 g/mol. The first-order valence-corrected chi connectivity index (χ1v) is 10.0. The van der Waals surface area contributed by atoms with Crippen LogP contribution in [0.4, 0.5) is 18.9 Å². The van der Waals surface area contributed by atoms with Crippen molar-refractivity contribution in [2.45, 2.75) is 38.0 Å². The van der Waals surface area contributed by atoms with Gasteiger partial charge in [-0.3, -0.25) is 4.79 Å². The molecule has 1 aromatic heterocycles. The van der Waals surface area contributed by atoms with Gasteiger partial charge < -0.3 is 25.0 Å². The average molecular weight is 451 g/mol. The molecule has 0 spiro atoms. The van der Waals surface area contributed by atoms with Gasteiger partial charge in [0.05, 0.1) is 5.69 Å². The number of ether oxygens (including phenoxy) is 1. The minimum atomic E-state index is -5.42. The number of nitrogens with one attached hydrogen (secondary N) is 2. The highest BCUT2D eigenvalue weighted by atomic mass is 19.4. The Hall–Kier alpha value is -3.34. The van der Waals surface area contributed by atoms with E-state index < -0.39 is 35.0 Å². The third-order valence-electron chi connectivity index (χ3n) is 5.81. The second-order valence-electron chi connectivity index (χ2n) is 7.75. The van der Waals surface area contributed by atoms with E-state index in [0.29, 0.717) is 17.6 Å². The molecule has 8 nitrogen and oxygen atoms in total. The monoisotopic (exact) mass is 451 g/mol. The zero-order valence-electron chi connectivity index (χ0n) is 17.0. The Morgan fingerprint density at radius 1 is 1.25 bits per heavy atom. The normalized spacial score (nSPS) is 19.9. The molecule has 0 amide bonds. The van der Waals surface area contributed by atoms with E-state index in [4.69, 9.17) is 0 Å². The number of esters is 2. The van der Waals surface area contributed by atoms with Crippen LogP contribution in [0.2, 0.25) is 0 Å². The second-order valence-corrected chi connectivity index (χ2v) is 7.75. The van der Waals surface area contributed by atoms with E-state index in [-0.39, 0.29) is 17.7 Å². The smallest absolute Gasteiger partial charge is 0.491 e. The summed E-state index contributed by atoms with van der Waals surface area (Å²) in [5.41, 5.74) is -0.301. The number of aromatic hydroxyl groups is 1. The topological polar surface area (TPSA) is 112 Å². The van der Waals surface area contributed by atoms with Crippen molar-refractivity contribution in [1.29, 1.82) is 0 Å². The fourth-order valence-electron chi connectivity index (χ4n) is 4.30. The number of piperazine rings is 1. The maximum absolute atomic E-state index is 12.4. The van der Waals surface area contributed by atoms with Crippen molar-refractivity contribution in [3.05, 3.63) is 45.7 Å². The minimum Gasteiger partial charge on any atom is -0.506 e. The summed E-state index contributed by atoms with van der Waals surface area (Å²) in [7, 11) is 0. The predicted molar refractivity (Wildman–Crippen MR) is 108 cm³/mol. The lowest BCUT2D eigenvalue weighted by atomic mass is 10.00. The number of halogens is 3. The molecule has 3 heterocycles. The molecule has 2 aliphatic heterocycles. The highest BCUT2D eigenvalue weighted by Crippen LogP contribution is 2.34. The van der Waals surface area contributed by atoms with E-state index in [1.54, 1.807) is 19.1 Å². The number of rotatable bonds is 4. The molecule has 2 unspecified atom stereocenters. The quantitative estimate of drug-likeness (QED) is 0.482. The molecule has 32 heavy (non-hydrogen) atoms. The van der Waals surface area contributed by atoms with Gasteiger partial charge in [-0.2, -0.15) is 13.2 Å². The number of hydrogen-bond acceptors (Lipinski definition) is 7. The molecule has 1 aromatic carbocycles.